The largest absolute Gasteiger partial charge is 0.386 e. The summed E-state index contributed by atoms with van der Waals surface area (Å²) < 4.78 is 29.7. The van der Waals surface area contributed by atoms with E-state index in [0.717, 1.165) is 48.3 Å². The Kier molecular flexibility index (Phi) is 8.89. The number of anilines is 2. The number of hydrogen-bond acceptors (Lipinski definition) is 7. The van der Waals surface area contributed by atoms with Gasteiger partial charge in [0.05, 0.1) is 16.7 Å². The fraction of sp³-hybridized carbons (Fsp3) is 0.346. The highest BCUT2D eigenvalue weighted by atomic mass is 32.1. The Morgan fingerprint density at radius 2 is 1.92 bits per heavy atom. The minimum atomic E-state index is -1.42. The fourth-order valence-electron chi connectivity index (χ4n) is 3.74. The zero-order valence-electron chi connectivity index (χ0n) is 20.5. The van der Waals surface area contributed by atoms with Gasteiger partial charge in [-0.15, -0.1) is 11.3 Å². The second kappa shape index (κ2) is 11.7. The van der Waals surface area contributed by atoms with Gasteiger partial charge in [0.15, 0.2) is 0 Å². The van der Waals surface area contributed by atoms with E-state index >= 15 is 0 Å². The number of halogens is 2. The monoisotopic (exact) mass is 516 g/mol. The SMILES string of the molecule is CCCN(CCC=O)Cc1ccc(Nc2sc(-c3c(F)cc(C(C)(C)O)cc3F)cc2C(N)=O)nc1. The number of aromatic nitrogens is 1. The van der Waals surface area contributed by atoms with Crippen LogP contribution in [0.4, 0.5) is 19.6 Å². The molecular weight excluding hydrogens is 486 g/mol. The summed E-state index contributed by atoms with van der Waals surface area (Å²) in [4.78, 5) is 29.5. The lowest BCUT2D eigenvalue weighted by Crippen LogP contribution is -2.25. The van der Waals surface area contributed by atoms with E-state index in [2.05, 4.69) is 22.1 Å². The smallest absolute Gasteiger partial charge is 0.251 e. The number of nitrogens with one attached hydrogen (secondary N) is 1. The summed E-state index contributed by atoms with van der Waals surface area (Å²) in [6.07, 6.45) is 4.02. The van der Waals surface area contributed by atoms with Gasteiger partial charge < -0.3 is 21.0 Å². The van der Waals surface area contributed by atoms with Crippen molar-refractivity contribution in [2.24, 2.45) is 5.73 Å². The zero-order chi connectivity index (χ0) is 26.5. The summed E-state index contributed by atoms with van der Waals surface area (Å²) in [5.74, 6) is -2.03. The van der Waals surface area contributed by atoms with Crippen LogP contribution in [-0.4, -0.2) is 40.3 Å². The molecule has 2 heterocycles. The van der Waals surface area contributed by atoms with Crippen molar-refractivity contribution in [3.8, 4) is 10.4 Å². The lowest BCUT2D eigenvalue weighted by Gasteiger charge is -2.20. The molecule has 0 aliphatic heterocycles. The number of carbonyl (C=O) groups is 2. The first-order chi connectivity index (χ1) is 17.0. The molecule has 0 spiro atoms. The maximum absolute atomic E-state index is 14.9. The Bertz CT molecular complexity index is 1200. The van der Waals surface area contributed by atoms with Gasteiger partial charge in [0, 0.05) is 30.6 Å². The second-order valence-corrected chi connectivity index (χ2v) is 10.1. The maximum atomic E-state index is 14.9. The number of nitrogens with zero attached hydrogens (tertiary/aromatic N) is 2. The number of carbonyl (C=O) groups excluding carboxylic acids is 2. The molecule has 0 aliphatic carbocycles. The van der Waals surface area contributed by atoms with Crippen molar-refractivity contribution in [2.75, 3.05) is 18.4 Å². The number of aliphatic hydroxyl groups is 1. The molecule has 0 radical (unpaired) electrons. The van der Waals surface area contributed by atoms with Gasteiger partial charge in [-0.3, -0.25) is 9.69 Å². The molecule has 0 aliphatic rings. The van der Waals surface area contributed by atoms with Gasteiger partial charge in [-0.2, -0.15) is 0 Å². The normalized spacial score (nSPS) is 11.6. The molecule has 36 heavy (non-hydrogen) atoms. The summed E-state index contributed by atoms with van der Waals surface area (Å²) in [5.41, 5.74) is 4.93. The van der Waals surface area contributed by atoms with E-state index in [1.54, 1.807) is 12.3 Å². The van der Waals surface area contributed by atoms with Gasteiger partial charge in [0.1, 0.15) is 28.7 Å². The Labute approximate surface area is 213 Å². The van der Waals surface area contributed by atoms with Gasteiger partial charge in [-0.05, 0) is 62.2 Å². The van der Waals surface area contributed by atoms with Crippen molar-refractivity contribution in [2.45, 2.75) is 45.8 Å². The Balaban J connectivity index is 1.85. The minimum absolute atomic E-state index is 0.0780. The number of amides is 1. The predicted molar refractivity (Wildman–Crippen MR) is 137 cm³/mol. The predicted octanol–water partition coefficient (Wildman–Crippen LogP) is 4.96. The zero-order valence-corrected chi connectivity index (χ0v) is 21.3. The van der Waals surface area contributed by atoms with Crippen molar-refractivity contribution in [3.63, 3.8) is 0 Å². The molecule has 1 aromatic carbocycles. The maximum Gasteiger partial charge on any atom is 0.251 e. The van der Waals surface area contributed by atoms with E-state index in [-0.39, 0.29) is 21.6 Å². The van der Waals surface area contributed by atoms with Crippen molar-refractivity contribution in [1.29, 1.82) is 0 Å². The summed E-state index contributed by atoms with van der Waals surface area (Å²) in [6, 6.07) is 7.11. The molecular formula is C26H30F2N4O3S. The van der Waals surface area contributed by atoms with E-state index in [9.17, 15) is 23.5 Å². The molecule has 192 valence electrons. The topological polar surface area (TPSA) is 109 Å². The van der Waals surface area contributed by atoms with E-state index in [4.69, 9.17) is 5.73 Å². The van der Waals surface area contributed by atoms with Crippen LogP contribution in [0.15, 0.2) is 36.5 Å². The lowest BCUT2D eigenvalue weighted by molar-refractivity contribution is -0.108. The molecule has 1 amide bonds. The first-order valence-corrected chi connectivity index (χ1v) is 12.4. The molecule has 3 aromatic rings. The molecule has 7 nitrogen and oxygen atoms in total. The average Bonchev–Trinajstić information content (AvgIpc) is 3.21. The van der Waals surface area contributed by atoms with Crippen LogP contribution in [0.25, 0.3) is 10.4 Å². The third kappa shape index (κ3) is 6.71. The highest BCUT2D eigenvalue weighted by Gasteiger charge is 2.24. The molecule has 0 fully saturated rings. The third-order valence-electron chi connectivity index (χ3n) is 5.57. The first-order valence-electron chi connectivity index (χ1n) is 11.6. The van der Waals surface area contributed by atoms with Crippen molar-refractivity contribution >= 4 is 34.3 Å². The van der Waals surface area contributed by atoms with E-state index < -0.39 is 23.1 Å². The molecule has 2 aromatic heterocycles. The molecule has 3 rings (SSSR count). The van der Waals surface area contributed by atoms with Crippen molar-refractivity contribution < 1.29 is 23.5 Å². The van der Waals surface area contributed by atoms with E-state index in [1.165, 1.54) is 19.9 Å². The number of hydrogen-bond donors (Lipinski definition) is 3. The van der Waals surface area contributed by atoms with Crippen LogP contribution in [0.2, 0.25) is 0 Å². The van der Waals surface area contributed by atoms with Crippen LogP contribution in [-0.2, 0) is 16.9 Å². The summed E-state index contributed by atoms with van der Waals surface area (Å²) >= 11 is 0.972. The number of primary amides is 1. The second-order valence-electron chi connectivity index (χ2n) is 9.00. The molecule has 10 heteroatoms. The van der Waals surface area contributed by atoms with Crippen LogP contribution in [0.5, 0.6) is 0 Å². The standard InChI is InChI=1S/C26H30F2N4O3S/c1-4-8-32(9-5-10-33)15-16-6-7-22(30-14-16)31-25-18(24(29)34)13-21(36-25)23-19(27)11-17(12-20(23)28)26(2,3)35/h6-7,10-14,35H,4-5,8-9,15H2,1-3H3,(H2,29,34)(H,30,31). The molecule has 0 bridgehead atoms. The summed E-state index contributed by atoms with van der Waals surface area (Å²) in [7, 11) is 0. The van der Waals surface area contributed by atoms with Crippen LogP contribution >= 0.6 is 11.3 Å². The molecule has 4 N–H and O–H groups in total. The van der Waals surface area contributed by atoms with Crippen LogP contribution < -0.4 is 11.1 Å². The Morgan fingerprint density at radius 1 is 1.22 bits per heavy atom. The summed E-state index contributed by atoms with van der Waals surface area (Å²) in [6.45, 7) is 7.11. The molecule has 0 saturated carbocycles. The van der Waals surface area contributed by atoms with E-state index in [1.807, 2.05) is 6.07 Å². The van der Waals surface area contributed by atoms with Gasteiger partial charge in [0.25, 0.3) is 5.91 Å². The highest BCUT2D eigenvalue weighted by Crippen LogP contribution is 2.40. The van der Waals surface area contributed by atoms with Crippen molar-refractivity contribution in [3.05, 3.63) is 64.9 Å². The van der Waals surface area contributed by atoms with Crippen LogP contribution in [0.3, 0.4) is 0 Å². The van der Waals surface area contributed by atoms with E-state index in [0.29, 0.717) is 30.3 Å². The fourth-order valence-corrected chi connectivity index (χ4v) is 4.86. The Morgan fingerprint density at radius 3 is 2.44 bits per heavy atom. The number of benzene rings is 1. The minimum Gasteiger partial charge on any atom is -0.386 e. The number of nitrogens with two attached hydrogens (primary N) is 1. The first kappa shape index (κ1) is 27.4. The number of rotatable bonds is 12. The molecule has 0 unspecified atom stereocenters. The van der Waals surface area contributed by atoms with Crippen LogP contribution in [0, 0.1) is 11.6 Å². The van der Waals surface area contributed by atoms with Gasteiger partial charge in [-0.1, -0.05) is 13.0 Å². The van der Waals surface area contributed by atoms with Gasteiger partial charge >= 0.3 is 0 Å². The lowest BCUT2D eigenvalue weighted by atomic mass is 9.96. The Hall–Kier alpha value is -3.21. The highest BCUT2D eigenvalue weighted by molar-refractivity contribution is 7.20. The van der Waals surface area contributed by atoms with Crippen LogP contribution in [0.1, 0.15) is 55.1 Å². The number of pyridine rings is 1. The molecule has 0 atom stereocenters. The average molecular weight is 517 g/mol. The van der Waals surface area contributed by atoms with Gasteiger partial charge in [-0.25, -0.2) is 13.8 Å². The number of thiophene rings is 1. The quantitative estimate of drug-likeness (QED) is 0.294. The van der Waals surface area contributed by atoms with Crippen molar-refractivity contribution in [1.82, 2.24) is 9.88 Å². The third-order valence-corrected chi connectivity index (χ3v) is 6.64. The number of aldehydes is 1. The molecule has 0 saturated heterocycles. The summed E-state index contributed by atoms with van der Waals surface area (Å²) in [5, 5.41) is 13.4. The van der Waals surface area contributed by atoms with Gasteiger partial charge in [0.2, 0.25) is 0 Å².